The minimum atomic E-state index is 0.854. The third-order valence-corrected chi connectivity index (χ3v) is 5.37. The monoisotopic (exact) mass is 380 g/mol. The second-order valence-corrected chi connectivity index (χ2v) is 8.79. The van der Waals surface area contributed by atoms with Gasteiger partial charge in [0.2, 0.25) is 0 Å². The van der Waals surface area contributed by atoms with Gasteiger partial charge in [-0.2, -0.15) is 0 Å². The molecule has 0 radical (unpaired) electrons. The maximum atomic E-state index is 5.75. The summed E-state index contributed by atoms with van der Waals surface area (Å²) in [6, 6.07) is 0. The van der Waals surface area contributed by atoms with Crippen LogP contribution in [0.15, 0.2) is 12.2 Å². The van der Waals surface area contributed by atoms with Crippen molar-refractivity contribution >= 4 is 0 Å². The Balaban J connectivity index is 3.05. The number of allylic oxidation sites excluding steroid dienone is 2. The van der Waals surface area contributed by atoms with Gasteiger partial charge in [0.25, 0.3) is 0 Å². The Hall–Kier alpha value is -0.300. The summed E-state index contributed by atoms with van der Waals surface area (Å²) in [5, 5.41) is 0. The molecule has 0 fully saturated rings. The highest BCUT2D eigenvalue weighted by Crippen LogP contribution is 2.11. The molecule has 1 nitrogen and oxygen atoms in total. The first-order chi connectivity index (χ1) is 13.3. The molecule has 0 bridgehead atoms. The van der Waals surface area contributed by atoms with Crippen molar-refractivity contribution in [2.45, 2.75) is 136 Å². The molecule has 0 atom stereocenters. The average Bonchev–Trinajstić information content (AvgIpc) is 2.65. The van der Waals surface area contributed by atoms with Gasteiger partial charge in [-0.05, 0) is 44.4 Å². The lowest BCUT2D eigenvalue weighted by Crippen LogP contribution is -1.97. The highest BCUT2D eigenvalue weighted by Gasteiger charge is 1.95. The first kappa shape index (κ1) is 26.7. The van der Waals surface area contributed by atoms with Crippen LogP contribution in [0.4, 0.5) is 0 Å². The molecule has 0 aromatic carbocycles. The van der Waals surface area contributed by atoms with E-state index in [0.717, 1.165) is 19.1 Å². The molecule has 0 aliphatic heterocycles. The first-order valence-corrected chi connectivity index (χ1v) is 12.5. The molecule has 0 heterocycles. The molecule has 0 aliphatic rings. The molecule has 0 saturated heterocycles. The second kappa shape index (κ2) is 23.7. The number of rotatable bonds is 22. The fourth-order valence-corrected chi connectivity index (χ4v) is 3.49. The van der Waals surface area contributed by atoms with Crippen LogP contribution in [0, 0.1) is 5.92 Å². The summed E-state index contributed by atoms with van der Waals surface area (Å²) in [7, 11) is 0. The zero-order chi connectivity index (χ0) is 19.8. The second-order valence-electron chi connectivity index (χ2n) is 8.79. The molecular formula is C26H52O. The minimum absolute atomic E-state index is 0.854. The van der Waals surface area contributed by atoms with Gasteiger partial charge in [0.15, 0.2) is 0 Å². The number of hydrogen-bond acceptors (Lipinski definition) is 1. The Morgan fingerprint density at radius 2 is 1.00 bits per heavy atom. The quantitative estimate of drug-likeness (QED) is 0.134. The molecule has 0 spiro atoms. The van der Waals surface area contributed by atoms with Crippen LogP contribution < -0.4 is 0 Å². The molecule has 0 amide bonds. The predicted molar refractivity (Wildman–Crippen MR) is 124 cm³/mol. The zero-order valence-corrected chi connectivity index (χ0v) is 19.3. The van der Waals surface area contributed by atoms with Gasteiger partial charge in [-0.25, -0.2) is 0 Å². The van der Waals surface area contributed by atoms with E-state index in [0.29, 0.717) is 0 Å². The van der Waals surface area contributed by atoms with Gasteiger partial charge in [-0.3, -0.25) is 0 Å². The molecule has 0 aliphatic carbocycles. The van der Waals surface area contributed by atoms with E-state index in [1.54, 1.807) is 0 Å². The predicted octanol–water partition coefficient (Wildman–Crippen LogP) is 9.26. The largest absolute Gasteiger partial charge is 0.381 e. The summed E-state index contributed by atoms with van der Waals surface area (Å²) in [4.78, 5) is 0. The van der Waals surface area contributed by atoms with Gasteiger partial charge >= 0.3 is 0 Å². The van der Waals surface area contributed by atoms with Crippen LogP contribution in [0.25, 0.3) is 0 Å². The molecule has 0 rings (SSSR count). The third-order valence-electron chi connectivity index (χ3n) is 5.37. The minimum Gasteiger partial charge on any atom is -0.381 e. The van der Waals surface area contributed by atoms with Crippen molar-refractivity contribution in [1.82, 2.24) is 0 Å². The lowest BCUT2D eigenvalue weighted by atomic mass is 10.1. The van der Waals surface area contributed by atoms with Crippen molar-refractivity contribution < 1.29 is 4.74 Å². The summed E-state index contributed by atoms with van der Waals surface area (Å²) in [5.41, 5.74) is 0. The van der Waals surface area contributed by atoms with E-state index in [4.69, 9.17) is 4.74 Å². The van der Waals surface area contributed by atoms with E-state index in [1.165, 1.54) is 116 Å². The van der Waals surface area contributed by atoms with Crippen molar-refractivity contribution in [2.75, 3.05) is 13.2 Å². The lowest BCUT2D eigenvalue weighted by Gasteiger charge is -2.06. The average molecular weight is 381 g/mol. The molecule has 0 aromatic heterocycles. The smallest absolute Gasteiger partial charge is 0.0466 e. The standard InChI is InChI=1S/C26H52O/c1-4-5-6-7-8-9-10-11-12-13-14-15-16-17-18-21-24-27-25-22-19-20-23-26(2)3/h11-12,26H,4-10,13-25H2,1-3H3/b12-11-. The maximum absolute atomic E-state index is 5.75. The summed E-state index contributed by atoms with van der Waals surface area (Å²) in [5.74, 6) is 0.854. The third kappa shape index (κ3) is 25.7. The molecule has 0 saturated carbocycles. The topological polar surface area (TPSA) is 9.23 Å². The van der Waals surface area contributed by atoms with Crippen LogP contribution in [0.1, 0.15) is 136 Å². The van der Waals surface area contributed by atoms with Crippen LogP contribution in [0.5, 0.6) is 0 Å². The first-order valence-electron chi connectivity index (χ1n) is 12.5. The Morgan fingerprint density at radius 1 is 0.556 bits per heavy atom. The fourth-order valence-electron chi connectivity index (χ4n) is 3.49. The Bertz CT molecular complexity index is 282. The van der Waals surface area contributed by atoms with Gasteiger partial charge in [-0.15, -0.1) is 0 Å². The van der Waals surface area contributed by atoms with Crippen LogP contribution in [0.3, 0.4) is 0 Å². The van der Waals surface area contributed by atoms with E-state index in [9.17, 15) is 0 Å². The molecular weight excluding hydrogens is 328 g/mol. The highest BCUT2D eigenvalue weighted by atomic mass is 16.5. The van der Waals surface area contributed by atoms with E-state index in [2.05, 4.69) is 32.9 Å². The summed E-state index contributed by atoms with van der Waals surface area (Å²) in [6.07, 6.45) is 29.4. The summed E-state index contributed by atoms with van der Waals surface area (Å²) >= 11 is 0. The van der Waals surface area contributed by atoms with Crippen molar-refractivity contribution in [2.24, 2.45) is 5.92 Å². The normalized spacial score (nSPS) is 11.9. The van der Waals surface area contributed by atoms with Gasteiger partial charge < -0.3 is 4.74 Å². The highest BCUT2D eigenvalue weighted by molar-refractivity contribution is 4.81. The van der Waals surface area contributed by atoms with Crippen LogP contribution >= 0.6 is 0 Å². The number of hydrogen-bond donors (Lipinski definition) is 0. The fraction of sp³-hybridized carbons (Fsp3) is 0.923. The SMILES string of the molecule is CCCCCCCC/C=C\CCCCCCCCOCCCCCC(C)C. The van der Waals surface area contributed by atoms with Crippen molar-refractivity contribution in [3.05, 3.63) is 12.2 Å². The van der Waals surface area contributed by atoms with Crippen LogP contribution in [-0.4, -0.2) is 13.2 Å². The number of ether oxygens (including phenoxy) is 1. The number of unbranched alkanes of at least 4 members (excludes halogenated alkanes) is 14. The van der Waals surface area contributed by atoms with Crippen LogP contribution in [-0.2, 0) is 4.74 Å². The summed E-state index contributed by atoms with van der Waals surface area (Å²) in [6.45, 7) is 8.86. The van der Waals surface area contributed by atoms with Crippen molar-refractivity contribution in [1.29, 1.82) is 0 Å². The van der Waals surface area contributed by atoms with Crippen molar-refractivity contribution in [3.8, 4) is 0 Å². The molecule has 27 heavy (non-hydrogen) atoms. The van der Waals surface area contributed by atoms with E-state index in [1.807, 2.05) is 0 Å². The molecule has 1 heteroatoms. The van der Waals surface area contributed by atoms with Gasteiger partial charge in [0.05, 0.1) is 0 Å². The molecule has 0 aromatic rings. The molecule has 0 unspecified atom stereocenters. The van der Waals surface area contributed by atoms with E-state index in [-0.39, 0.29) is 0 Å². The Morgan fingerprint density at radius 3 is 1.52 bits per heavy atom. The Labute approximate surface area is 172 Å². The maximum Gasteiger partial charge on any atom is 0.0466 e. The lowest BCUT2D eigenvalue weighted by molar-refractivity contribution is 0.125. The van der Waals surface area contributed by atoms with E-state index >= 15 is 0 Å². The van der Waals surface area contributed by atoms with Crippen molar-refractivity contribution in [3.63, 3.8) is 0 Å². The molecule has 0 N–H and O–H groups in total. The summed E-state index contributed by atoms with van der Waals surface area (Å²) < 4.78 is 5.75. The Kier molecular flexibility index (Phi) is 23.5. The van der Waals surface area contributed by atoms with E-state index < -0.39 is 0 Å². The van der Waals surface area contributed by atoms with Gasteiger partial charge in [0, 0.05) is 13.2 Å². The zero-order valence-electron chi connectivity index (χ0n) is 19.3. The molecule has 162 valence electrons. The van der Waals surface area contributed by atoms with Gasteiger partial charge in [0.1, 0.15) is 0 Å². The van der Waals surface area contributed by atoms with Gasteiger partial charge in [-0.1, -0.05) is 110 Å². The van der Waals surface area contributed by atoms with Crippen LogP contribution in [0.2, 0.25) is 0 Å².